The first-order valence-electron chi connectivity index (χ1n) is 10.7. The fourth-order valence-corrected chi connectivity index (χ4v) is 6.30. The number of hydrogen-bond donors (Lipinski definition) is 3. The van der Waals surface area contributed by atoms with Gasteiger partial charge < -0.3 is 21.0 Å². The molecule has 1 unspecified atom stereocenters. The molecule has 0 spiro atoms. The summed E-state index contributed by atoms with van der Waals surface area (Å²) in [4.78, 5) is 53.0. The summed E-state index contributed by atoms with van der Waals surface area (Å²) in [6.07, 6.45) is 3.55. The molecule has 2 atom stereocenters. The fraction of sp³-hybridized carbons (Fsp3) is 0.273. The summed E-state index contributed by atoms with van der Waals surface area (Å²) in [6, 6.07) is 2.88. The number of nitrogens with two attached hydrogens (primary N) is 1. The highest BCUT2D eigenvalue weighted by Gasteiger charge is 2.54. The van der Waals surface area contributed by atoms with Gasteiger partial charge in [0.15, 0.2) is 10.8 Å². The van der Waals surface area contributed by atoms with E-state index in [0.29, 0.717) is 10.7 Å². The van der Waals surface area contributed by atoms with E-state index >= 15 is 0 Å². The smallest absolute Gasteiger partial charge is 0.353 e. The molecule has 2 amide bonds. The molecule has 36 heavy (non-hydrogen) atoms. The minimum absolute atomic E-state index is 0.0820. The lowest BCUT2D eigenvalue weighted by atomic mass is 10.0. The van der Waals surface area contributed by atoms with Gasteiger partial charge in [0.25, 0.3) is 11.8 Å². The minimum atomic E-state index is -1.21. The number of pyridine rings is 1. The van der Waals surface area contributed by atoms with E-state index in [-0.39, 0.29) is 28.8 Å². The number of thioether (sulfide) groups is 2. The summed E-state index contributed by atoms with van der Waals surface area (Å²) in [5.74, 6) is -2.02. The van der Waals surface area contributed by atoms with E-state index in [1.807, 2.05) is 25.1 Å². The van der Waals surface area contributed by atoms with E-state index < -0.39 is 29.2 Å². The highest BCUT2D eigenvalue weighted by molar-refractivity contribution is 8.08. The van der Waals surface area contributed by atoms with Gasteiger partial charge in [0, 0.05) is 27.9 Å². The van der Waals surface area contributed by atoms with Gasteiger partial charge in [0.2, 0.25) is 0 Å². The summed E-state index contributed by atoms with van der Waals surface area (Å²) in [5.41, 5.74) is 7.47. The average molecular weight is 547 g/mol. The van der Waals surface area contributed by atoms with Gasteiger partial charge in [-0.1, -0.05) is 23.0 Å². The SMILES string of the molecule is CCON=C(C(=O)NC1C(=O)N2C(C(=O)O)=C(S/C=C\c3ccc(C)nc3)CS[C@@H]12)c1csc(N)n1. The maximum atomic E-state index is 13.0. The number of carbonyl (C=O) groups excluding carboxylic acids is 2. The monoisotopic (exact) mass is 546 g/mol. The van der Waals surface area contributed by atoms with Gasteiger partial charge in [-0.15, -0.1) is 23.1 Å². The topological polar surface area (TPSA) is 160 Å². The number of carboxylic acids is 1. The molecule has 188 valence electrons. The lowest BCUT2D eigenvalue weighted by molar-refractivity contribution is -0.150. The van der Waals surface area contributed by atoms with Crippen molar-refractivity contribution in [3.63, 3.8) is 0 Å². The predicted octanol–water partition coefficient (Wildman–Crippen LogP) is 2.27. The number of carboxylic acid groups (broad SMARTS) is 1. The summed E-state index contributed by atoms with van der Waals surface area (Å²) in [7, 11) is 0. The van der Waals surface area contributed by atoms with Crippen LogP contribution < -0.4 is 11.1 Å². The Hall–Kier alpha value is -3.36. The molecule has 11 nitrogen and oxygen atoms in total. The second-order valence-corrected chi connectivity index (χ2v) is 10.5. The van der Waals surface area contributed by atoms with Crippen LogP contribution in [0.3, 0.4) is 0 Å². The first kappa shape index (κ1) is 25.7. The molecule has 0 aliphatic carbocycles. The van der Waals surface area contributed by atoms with Crippen molar-refractivity contribution in [1.29, 1.82) is 0 Å². The van der Waals surface area contributed by atoms with Crippen LogP contribution in [0.4, 0.5) is 5.13 Å². The van der Waals surface area contributed by atoms with Gasteiger partial charge in [-0.2, -0.15) is 0 Å². The molecule has 2 aliphatic heterocycles. The molecule has 0 saturated carbocycles. The number of fused-ring (bicyclic) bond motifs is 1. The number of nitrogen functional groups attached to an aromatic ring is 1. The molecule has 2 aromatic heterocycles. The molecule has 14 heteroatoms. The summed E-state index contributed by atoms with van der Waals surface area (Å²) < 4.78 is 0. The normalized spacial score (nSPS) is 19.8. The Bertz CT molecular complexity index is 1270. The zero-order chi connectivity index (χ0) is 25.8. The number of nitrogens with one attached hydrogen (secondary N) is 1. The second kappa shape index (κ2) is 11.1. The van der Waals surface area contributed by atoms with Gasteiger partial charge in [-0.05, 0) is 37.0 Å². The van der Waals surface area contributed by atoms with Crippen molar-refractivity contribution >= 4 is 69.6 Å². The Morgan fingerprint density at radius 1 is 1.44 bits per heavy atom. The standard InChI is InChI=1S/C22H22N6O5S3/c1-3-33-27-15(13-9-36-22(23)25-13)18(29)26-16-19(30)28-17(21(31)32)14(10-35-20(16)28)34-7-6-12-5-4-11(2)24-8-12/h4-9,16,20H,3,10H2,1-2H3,(H2,23,25)(H,26,29)(H,31,32)/b7-6-,27-15?/t16?,20-/m0/s1. The lowest BCUT2D eigenvalue weighted by Crippen LogP contribution is -2.71. The van der Waals surface area contributed by atoms with Crippen LogP contribution in [0.5, 0.6) is 0 Å². The number of nitrogens with zero attached hydrogens (tertiary/aromatic N) is 4. The van der Waals surface area contributed by atoms with Crippen molar-refractivity contribution in [2.45, 2.75) is 25.3 Å². The second-order valence-electron chi connectivity index (χ2n) is 7.52. The molecular formula is C22H22N6O5S3. The number of anilines is 1. The number of aromatic nitrogens is 2. The van der Waals surface area contributed by atoms with Crippen molar-refractivity contribution in [3.8, 4) is 0 Å². The Morgan fingerprint density at radius 3 is 2.89 bits per heavy atom. The van der Waals surface area contributed by atoms with Crippen LogP contribution >= 0.6 is 34.9 Å². The third kappa shape index (κ3) is 5.39. The van der Waals surface area contributed by atoms with Crippen LogP contribution in [0, 0.1) is 6.92 Å². The van der Waals surface area contributed by atoms with E-state index in [9.17, 15) is 19.5 Å². The summed E-state index contributed by atoms with van der Waals surface area (Å²) >= 11 is 3.75. The molecule has 4 heterocycles. The summed E-state index contributed by atoms with van der Waals surface area (Å²) in [5, 5.41) is 19.3. The predicted molar refractivity (Wildman–Crippen MR) is 140 cm³/mol. The van der Waals surface area contributed by atoms with Crippen molar-refractivity contribution in [1.82, 2.24) is 20.2 Å². The van der Waals surface area contributed by atoms with E-state index in [1.165, 1.54) is 28.4 Å². The van der Waals surface area contributed by atoms with Crippen molar-refractivity contribution < 1.29 is 24.3 Å². The molecule has 2 aliphatic rings. The number of thiazole rings is 1. The maximum Gasteiger partial charge on any atom is 0.353 e. The quantitative estimate of drug-likeness (QED) is 0.242. The highest BCUT2D eigenvalue weighted by atomic mass is 32.2. The number of carbonyl (C=O) groups is 3. The number of hydrogen-bond acceptors (Lipinski definition) is 11. The third-order valence-corrected chi connectivity index (χ3v) is 8.12. The van der Waals surface area contributed by atoms with Gasteiger partial charge in [0.1, 0.15) is 29.4 Å². The molecule has 0 bridgehead atoms. The molecule has 1 saturated heterocycles. The maximum absolute atomic E-state index is 13.0. The zero-order valence-electron chi connectivity index (χ0n) is 19.2. The molecular weight excluding hydrogens is 524 g/mol. The number of amides is 2. The average Bonchev–Trinajstić information content (AvgIpc) is 3.29. The number of aryl methyl sites for hydroxylation is 1. The van der Waals surface area contributed by atoms with Crippen LogP contribution in [0.1, 0.15) is 23.9 Å². The van der Waals surface area contributed by atoms with Gasteiger partial charge in [-0.25, -0.2) is 9.78 Å². The van der Waals surface area contributed by atoms with Gasteiger partial charge in [0.05, 0.1) is 0 Å². The molecule has 2 aromatic rings. The number of aliphatic carboxylic acids is 1. The molecule has 1 fully saturated rings. The number of rotatable bonds is 9. The van der Waals surface area contributed by atoms with Crippen molar-refractivity contribution in [2.75, 3.05) is 18.1 Å². The Morgan fingerprint density at radius 2 is 2.25 bits per heavy atom. The third-order valence-electron chi connectivity index (χ3n) is 5.09. The van der Waals surface area contributed by atoms with Crippen LogP contribution in [-0.2, 0) is 19.2 Å². The fourth-order valence-electron chi connectivity index (χ4n) is 3.39. The van der Waals surface area contributed by atoms with Crippen LogP contribution in [0.2, 0.25) is 0 Å². The molecule has 4 rings (SSSR count). The number of β-lactam (4-membered cyclic amide) rings is 1. The Balaban J connectivity index is 1.48. The van der Waals surface area contributed by atoms with E-state index in [1.54, 1.807) is 23.9 Å². The van der Waals surface area contributed by atoms with E-state index in [2.05, 4.69) is 20.4 Å². The largest absolute Gasteiger partial charge is 0.477 e. The molecule has 0 radical (unpaired) electrons. The van der Waals surface area contributed by atoms with E-state index in [4.69, 9.17) is 10.6 Å². The minimum Gasteiger partial charge on any atom is -0.477 e. The van der Waals surface area contributed by atoms with Gasteiger partial charge in [-0.3, -0.25) is 19.5 Å². The first-order chi connectivity index (χ1) is 17.3. The summed E-state index contributed by atoms with van der Waals surface area (Å²) in [6.45, 7) is 3.83. The van der Waals surface area contributed by atoms with Crippen LogP contribution in [-0.4, -0.2) is 67.2 Å². The van der Waals surface area contributed by atoms with Gasteiger partial charge >= 0.3 is 5.97 Å². The Kier molecular flexibility index (Phi) is 7.96. The van der Waals surface area contributed by atoms with Crippen molar-refractivity contribution in [3.05, 3.63) is 56.7 Å². The van der Waals surface area contributed by atoms with Crippen molar-refractivity contribution in [2.24, 2.45) is 5.16 Å². The molecule has 0 aromatic carbocycles. The molecule has 4 N–H and O–H groups in total. The van der Waals surface area contributed by atoms with Crippen LogP contribution in [0.25, 0.3) is 6.08 Å². The highest BCUT2D eigenvalue weighted by Crippen LogP contribution is 2.43. The lowest BCUT2D eigenvalue weighted by Gasteiger charge is -2.49. The first-order valence-corrected chi connectivity index (χ1v) is 13.5. The van der Waals surface area contributed by atoms with E-state index in [0.717, 1.165) is 22.6 Å². The Labute approximate surface area is 218 Å². The van der Waals surface area contributed by atoms with Crippen LogP contribution in [0.15, 0.2) is 44.9 Å². The number of oxime groups is 1. The zero-order valence-corrected chi connectivity index (χ0v) is 21.7.